The third-order valence-electron chi connectivity index (χ3n) is 1.05. The summed E-state index contributed by atoms with van der Waals surface area (Å²) in [5.74, 6) is 0. The van der Waals surface area contributed by atoms with Crippen molar-refractivity contribution >= 4 is 16.5 Å². The summed E-state index contributed by atoms with van der Waals surface area (Å²) in [6.07, 6.45) is 0. The van der Waals surface area contributed by atoms with Crippen LogP contribution in [0.5, 0.6) is 0 Å². The Hall–Kier alpha value is 0.633. The van der Waals surface area contributed by atoms with E-state index in [1.807, 2.05) is 6.07 Å². The van der Waals surface area contributed by atoms with Gasteiger partial charge in [0.15, 0.2) is 0 Å². The Balaban J connectivity index is -0.000000213. The molecule has 0 spiro atoms. The van der Waals surface area contributed by atoms with E-state index in [9.17, 15) is 0 Å². The van der Waals surface area contributed by atoms with Crippen molar-refractivity contribution < 1.29 is 37.2 Å². The van der Waals surface area contributed by atoms with Gasteiger partial charge in [-0.3, -0.25) is 0 Å². The third-order valence-corrected chi connectivity index (χ3v) is 1.90. The Morgan fingerprint density at radius 3 is 1.64 bits per heavy atom. The molecule has 0 amide bonds. The number of hydrogen-bond donors (Lipinski definition) is 0. The molecule has 0 radical (unpaired) electrons. The SMILES string of the molecule is [Cl-].[Cl-].[Cl-].[Ge+3][CH2]c1ccccc1. The van der Waals surface area contributed by atoms with E-state index in [-0.39, 0.29) is 37.2 Å². The van der Waals surface area contributed by atoms with Crippen molar-refractivity contribution in [1.29, 1.82) is 0 Å². The van der Waals surface area contributed by atoms with E-state index >= 15 is 0 Å². The summed E-state index contributed by atoms with van der Waals surface area (Å²) in [6.45, 7) is 0. The predicted molar refractivity (Wildman–Crippen MR) is 35.9 cm³/mol. The fourth-order valence-electron chi connectivity index (χ4n) is 0.596. The molecule has 0 bridgehead atoms. The van der Waals surface area contributed by atoms with Gasteiger partial charge in [0.25, 0.3) is 0 Å². The molecule has 0 aromatic heterocycles. The third kappa shape index (κ3) is 7.01. The summed E-state index contributed by atoms with van der Waals surface area (Å²) in [7, 11) is 0. The van der Waals surface area contributed by atoms with Crippen LogP contribution < -0.4 is 37.2 Å². The predicted octanol–water partition coefficient (Wildman–Crippen LogP) is -7.63. The zero-order valence-electron chi connectivity index (χ0n) is 5.73. The van der Waals surface area contributed by atoms with Crippen molar-refractivity contribution in [1.82, 2.24) is 0 Å². The molecular weight excluding hydrogens is 263 g/mol. The van der Waals surface area contributed by atoms with Crippen molar-refractivity contribution in [3.05, 3.63) is 35.9 Å². The average Bonchev–Trinajstić information content (AvgIpc) is 1.90. The normalized spacial score (nSPS) is 6.73. The molecule has 0 unspecified atom stereocenters. The summed E-state index contributed by atoms with van der Waals surface area (Å²) in [6, 6.07) is 10.5. The topological polar surface area (TPSA) is 0 Å². The number of halogens is 3. The Bertz CT molecular complexity index is 155. The second-order valence-corrected chi connectivity index (χ2v) is 2.40. The van der Waals surface area contributed by atoms with Gasteiger partial charge in [0, 0.05) is 0 Å². The first-order chi connectivity index (χ1) is 3.93. The molecule has 0 N–H and O–H groups in total. The first-order valence-electron chi connectivity index (χ1n) is 2.62. The molecule has 0 atom stereocenters. The van der Waals surface area contributed by atoms with Crippen molar-refractivity contribution in [3.8, 4) is 0 Å². The van der Waals surface area contributed by atoms with Crippen LogP contribution >= 0.6 is 0 Å². The Morgan fingerprint density at radius 1 is 0.909 bits per heavy atom. The molecule has 0 fully saturated rings. The van der Waals surface area contributed by atoms with E-state index < -0.39 is 0 Å². The van der Waals surface area contributed by atoms with E-state index in [0.29, 0.717) is 0 Å². The average molecular weight is 270 g/mol. The Morgan fingerprint density at radius 2 is 1.36 bits per heavy atom. The zero-order valence-corrected chi connectivity index (χ0v) is 10.1. The summed E-state index contributed by atoms with van der Waals surface area (Å²) in [5, 5.41) is 1.14. The van der Waals surface area contributed by atoms with Crippen LogP contribution in [-0.2, 0) is 5.25 Å². The zero-order chi connectivity index (χ0) is 5.82. The van der Waals surface area contributed by atoms with Crippen molar-refractivity contribution in [3.63, 3.8) is 0 Å². The number of hydrogen-bond acceptors (Lipinski definition) is 0. The van der Waals surface area contributed by atoms with Gasteiger partial charge >= 0.3 is 57.7 Å². The molecule has 0 aliphatic carbocycles. The van der Waals surface area contributed by atoms with Crippen LogP contribution in [0.3, 0.4) is 0 Å². The van der Waals surface area contributed by atoms with Crippen LogP contribution in [0.15, 0.2) is 30.3 Å². The van der Waals surface area contributed by atoms with Gasteiger partial charge in [-0.2, -0.15) is 0 Å². The van der Waals surface area contributed by atoms with Crippen molar-refractivity contribution in [2.45, 2.75) is 5.25 Å². The molecule has 0 nitrogen and oxygen atoms in total. The second-order valence-electron chi connectivity index (χ2n) is 1.66. The molecular formula is C7H7Cl3Ge. The van der Waals surface area contributed by atoms with Crippen molar-refractivity contribution in [2.75, 3.05) is 0 Å². The van der Waals surface area contributed by atoms with Gasteiger partial charge in [-0.1, -0.05) is 0 Å². The fraction of sp³-hybridized carbons (Fsp3) is 0.143. The van der Waals surface area contributed by atoms with Gasteiger partial charge < -0.3 is 37.2 Å². The molecule has 60 valence electrons. The van der Waals surface area contributed by atoms with Crippen LogP contribution in [0.4, 0.5) is 0 Å². The molecule has 1 aromatic carbocycles. The molecule has 0 saturated heterocycles. The molecule has 0 heterocycles. The fourth-order valence-corrected chi connectivity index (χ4v) is 1.09. The van der Waals surface area contributed by atoms with E-state index in [2.05, 4.69) is 40.8 Å². The molecule has 0 saturated carbocycles. The van der Waals surface area contributed by atoms with Crippen LogP contribution in [0, 0.1) is 0 Å². The molecule has 1 rings (SSSR count). The van der Waals surface area contributed by atoms with Crippen LogP contribution in [0.2, 0.25) is 0 Å². The van der Waals surface area contributed by atoms with Crippen LogP contribution in [-0.4, -0.2) is 16.5 Å². The van der Waals surface area contributed by atoms with E-state index in [1.54, 1.807) is 0 Å². The summed E-state index contributed by atoms with van der Waals surface area (Å²) in [4.78, 5) is 0. The van der Waals surface area contributed by atoms with Gasteiger partial charge in [-0.15, -0.1) is 0 Å². The first-order valence-corrected chi connectivity index (χ1v) is 4.10. The summed E-state index contributed by atoms with van der Waals surface area (Å²) >= 11 is 2.16. The second kappa shape index (κ2) is 10.6. The molecule has 1 aromatic rings. The summed E-state index contributed by atoms with van der Waals surface area (Å²) < 4.78 is 0. The minimum atomic E-state index is 0. The van der Waals surface area contributed by atoms with Crippen LogP contribution in [0.1, 0.15) is 5.56 Å². The van der Waals surface area contributed by atoms with Gasteiger partial charge in [-0.05, 0) is 0 Å². The minimum absolute atomic E-state index is 0. The quantitative estimate of drug-likeness (QED) is 0.445. The number of rotatable bonds is 1. The van der Waals surface area contributed by atoms with E-state index in [1.165, 1.54) is 5.56 Å². The van der Waals surface area contributed by atoms with Crippen LogP contribution in [0.25, 0.3) is 0 Å². The molecule has 4 heteroatoms. The standard InChI is InChI=1S/C7H7Ge.3ClH/c8-6-7-4-2-1-3-5-7;;;/h1-5H,6H2;3*1H/q+3;;;/p-3. The maximum atomic E-state index is 2.16. The van der Waals surface area contributed by atoms with E-state index in [4.69, 9.17) is 0 Å². The van der Waals surface area contributed by atoms with Gasteiger partial charge in [0.2, 0.25) is 0 Å². The summed E-state index contributed by atoms with van der Waals surface area (Å²) in [5.41, 5.74) is 1.41. The molecule has 0 aliphatic rings. The first kappa shape index (κ1) is 17.6. The molecule has 0 aliphatic heterocycles. The van der Waals surface area contributed by atoms with Gasteiger partial charge in [0.05, 0.1) is 0 Å². The molecule has 11 heavy (non-hydrogen) atoms. The Kier molecular flexibility index (Phi) is 17.1. The monoisotopic (exact) mass is 270 g/mol. The van der Waals surface area contributed by atoms with E-state index in [0.717, 1.165) is 5.25 Å². The van der Waals surface area contributed by atoms with Gasteiger partial charge in [0.1, 0.15) is 0 Å². The van der Waals surface area contributed by atoms with Gasteiger partial charge in [-0.25, -0.2) is 0 Å². The van der Waals surface area contributed by atoms with Crippen molar-refractivity contribution in [2.24, 2.45) is 0 Å². The Labute approximate surface area is 94.6 Å². The number of benzene rings is 1. The maximum absolute atomic E-state index is 2.16.